The van der Waals surface area contributed by atoms with Gasteiger partial charge in [-0.25, -0.2) is 4.98 Å². The number of hydrogen-bond donors (Lipinski definition) is 2. The standard InChI is InChI=1S/C28H30N6O/c1-17-12-30-27-23(17)11-20(13-31-27)19-9-18-6-8-33(16-25(18)24(10-19)26-3-2-7-29-26)28(35)21-14-32-34(15-21)22-4-5-22/h9-15,22,26,29H,2-8,16H2,1H3,(H,30,31). The number of aryl methyl sites for hydroxylation is 1. The predicted molar refractivity (Wildman–Crippen MR) is 135 cm³/mol. The van der Waals surface area contributed by atoms with Crippen LogP contribution in [0.2, 0.25) is 0 Å². The monoisotopic (exact) mass is 466 g/mol. The van der Waals surface area contributed by atoms with Crippen LogP contribution in [0.15, 0.2) is 43.0 Å². The zero-order valence-corrected chi connectivity index (χ0v) is 20.1. The van der Waals surface area contributed by atoms with Crippen LogP contribution in [-0.4, -0.2) is 43.6 Å². The average Bonchev–Trinajstić information content (AvgIpc) is 3.26. The van der Waals surface area contributed by atoms with Crippen LogP contribution in [0, 0.1) is 6.92 Å². The second-order valence-electron chi connectivity index (χ2n) is 10.4. The number of fused-ring (bicyclic) bond motifs is 2. The molecule has 2 fully saturated rings. The molecule has 1 amide bonds. The van der Waals surface area contributed by atoms with E-state index >= 15 is 0 Å². The lowest BCUT2D eigenvalue weighted by Crippen LogP contribution is -2.37. The lowest BCUT2D eigenvalue weighted by atomic mass is 9.87. The van der Waals surface area contributed by atoms with E-state index in [-0.39, 0.29) is 5.91 Å². The summed E-state index contributed by atoms with van der Waals surface area (Å²) in [6.45, 7) is 4.55. The Labute approximate surface area is 204 Å². The average molecular weight is 467 g/mol. The quantitative estimate of drug-likeness (QED) is 0.457. The Balaban J connectivity index is 1.25. The van der Waals surface area contributed by atoms with Crippen LogP contribution in [0.3, 0.4) is 0 Å². The van der Waals surface area contributed by atoms with Crippen LogP contribution >= 0.6 is 0 Å². The molecule has 35 heavy (non-hydrogen) atoms. The zero-order valence-electron chi connectivity index (χ0n) is 20.1. The van der Waals surface area contributed by atoms with Gasteiger partial charge in [0.2, 0.25) is 0 Å². The van der Waals surface area contributed by atoms with E-state index in [0.29, 0.717) is 24.2 Å². The molecule has 1 aromatic carbocycles. The third-order valence-corrected chi connectivity index (χ3v) is 7.94. The molecule has 1 saturated heterocycles. The maximum Gasteiger partial charge on any atom is 0.257 e. The number of nitrogens with zero attached hydrogens (tertiary/aromatic N) is 4. The van der Waals surface area contributed by atoms with Crippen molar-refractivity contribution in [3.8, 4) is 11.1 Å². The van der Waals surface area contributed by atoms with Crippen molar-refractivity contribution in [2.45, 2.75) is 57.7 Å². The lowest BCUT2D eigenvalue weighted by Gasteiger charge is -2.32. The molecule has 178 valence electrons. The smallest absolute Gasteiger partial charge is 0.257 e. The summed E-state index contributed by atoms with van der Waals surface area (Å²) < 4.78 is 1.96. The van der Waals surface area contributed by atoms with E-state index < -0.39 is 0 Å². The summed E-state index contributed by atoms with van der Waals surface area (Å²) in [5.74, 6) is 0.0922. The molecule has 0 spiro atoms. The molecule has 3 aromatic heterocycles. The Morgan fingerprint density at radius 1 is 1.11 bits per heavy atom. The molecule has 7 rings (SSSR count). The third-order valence-electron chi connectivity index (χ3n) is 7.94. The first-order valence-electron chi connectivity index (χ1n) is 12.8. The van der Waals surface area contributed by atoms with E-state index in [0.717, 1.165) is 37.1 Å². The summed E-state index contributed by atoms with van der Waals surface area (Å²) in [5, 5.41) is 9.31. The van der Waals surface area contributed by atoms with Crippen molar-refractivity contribution in [1.29, 1.82) is 0 Å². The molecule has 7 heteroatoms. The van der Waals surface area contributed by atoms with Gasteiger partial charge in [0.05, 0.1) is 17.8 Å². The fourth-order valence-electron chi connectivity index (χ4n) is 5.76. The number of rotatable bonds is 4. The minimum Gasteiger partial charge on any atom is -0.346 e. The van der Waals surface area contributed by atoms with E-state index in [1.165, 1.54) is 52.5 Å². The van der Waals surface area contributed by atoms with Crippen LogP contribution in [0.1, 0.15) is 70.4 Å². The van der Waals surface area contributed by atoms with Crippen molar-refractivity contribution in [1.82, 2.24) is 30.0 Å². The first-order valence-corrected chi connectivity index (χ1v) is 12.8. The van der Waals surface area contributed by atoms with Gasteiger partial charge >= 0.3 is 0 Å². The van der Waals surface area contributed by atoms with Gasteiger partial charge in [-0.05, 0) is 85.5 Å². The van der Waals surface area contributed by atoms with Crippen LogP contribution in [0.4, 0.5) is 0 Å². The Morgan fingerprint density at radius 3 is 2.86 bits per heavy atom. The first-order chi connectivity index (χ1) is 17.1. The van der Waals surface area contributed by atoms with Crippen LogP contribution in [-0.2, 0) is 13.0 Å². The van der Waals surface area contributed by atoms with Crippen LogP contribution < -0.4 is 5.32 Å². The summed E-state index contributed by atoms with van der Waals surface area (Å²) in [4.78, 5) is 23.3. The van der Waals surface area contributed by atoms with Crippen LogP contribution in [0.5, 0.6) is 0 Å². The van der Waals surface area contributed by atoms with Crippen molar-refractivity contribution in [3.63, 3.8) is 0 Å². The molecular weight excluding hydrogens is 436 g/mol. The molecule has 0 bridgehead atoms. The normalized spacial score (nSPS) is 19.9. The lowest BCUT2D eigenvalue weighted by molar-refractivity contribution is 0.0734. The molecule has 4 aromatic rings. The minimum atomic E-state index is 0.0922. The Morgan fingerprint density at radius 2 is 2.03 bits per heavy atom. The molecule has 2 aliphatic heterocycles. The SMILES string of the molecule is Cc1c[nH]c2ncc(-c3cc4c(c(C5CCCN5)c3)CN(C(=O)c3cnn(C5CC5)c3)CC4)cc12. The highest BCUT2D eigenvalue weighted by Crippen LogP contribution is 2.37. The largest absolute Gasteiger partial charge is 0.346 e. The first kappa shape index (κ1) is 20.9. The number of carbonyl (C=O) groups excluding carboxylic acids is 1. The molecule has 1 atom stereocenters. The fraction of sp³-hybridized carbons (Fsp3) is 0.393. The van der Waals surface area contributed by atoms with E-state index in [4.69, 9.17) is 0 Å². The molecule has 1 aliphatic carbocycles. The summed E-state index contributed by atoms with van der Waals surface area (Å²) in [5.41, 5.74) is 9.22. The van der Waals surface area contributed by atoms with E-state index in [1.807, 2.05) is 28.2 Å². The van der Waals surface area contributed by atoms with E-state index in [1.54, 1.807) is 6.20 Å². The highest BCUT2D eigenvalue weighted by Gasteiger charge is 2.30. The molecule has 0 radical (unpaired) electrons. The molecule has 3 aliphatic rings. The topological polar surface area (TPSA) is 78.8 Å². The summed E-state index contributed by atoms with van der Waals surface area (Å²) in [6.07, 6.45) is 13.2. The highest BCUT2D eigenvalue weighted by molar-refractivity contribution is 5.94. The van der Waals surface area contributed by atoms with Crippen molar-refractivity contribution in [2.24, 2.45) is 0 Å². The number of benzene rings is 1. The molecule has 2 N–H and O–H groups in total. The summed E-state index contributed by atoms with van der Waals surface area (Å²) in [6, 6.07) is 7.73. The van der Waals surface area contributed by atoms with Gasteiger partial charge in [0, 0.05) is 48.7 Å². The second-order valence-corrected chi connectivity index (χ2v) is 10.4. The van der Waals surface area contributed by atoms with Gasteiger partial charge in [-0.15, -0.1) is 0 Å². The fourth-order valence-corrected chi connectivity index (χ4v) is 5.76. The molecule has 7 nitrogen and oxygen atoms in total. The molecular formula is C28H30N6O. The van der Waals surface area contributed by atoms with Crippen molar-refractivity contribution in [3.05, 3.63) is 70.8 Å². The van der Waals surface area contributed by atoms with Gasteiger partial charge in [0.1, 0.15) is 5.65 Å². The van der Waals surface area contributed by atoms with E-state index in [2.05, 4.69) is 45.5 Å². The molecule has 5 heterocycles. The van der Waals surface area contributed by atoms with Gasteiger partial charge in [-0.2, -0.15) is 5.10 Å². The summed E-state index contributed by atoms with van der Waals surface area (Å²) in [7, 11) is 0. The minimum absolute atomic E-state index is 0.0922. The zero-order chi connectivity index (χ0) is 23.5. The van der Waals surface area contributed by atoms with Gasteiger partial charge in [0.15, 0.2) is 0 Å². The maximum atomic E-state index is 13.4. The second kappa shape index (κ2) is 8.05. The van der Waals surface area contributed by atoms with Crippen molar-refractivity contribution < 1.29 is 4.79 Å². The van der Waals surface area contributed by atoms with Crippen molar-refractivity contribution >= 4 is 16.9 Å². The third kappa shape index (κ3) is 3.65. The number of aromatic amines is 1. The highest BCUT2D eigenvalue weighted by atomic mass is 16.2. The number of amides is 1. The Bertz CT molecular complexity index is 1440. The number of pyridine rings is 1. The predicted octanol–water partition coefficient (Wildman–Crippen LogP) is 4.69. The van der Waals surface area contributed by atoms with Gasteiger partial charge in [-0.1, -0.05) is 6.07 Å². The Hall–Kier alpha value is -3.45. The number of H-pyrrole nitrogens is 1. The Kier molecular flexibility index (Phi) is 4.81. The summed E-state index contributed by atoms with van der Waals surface area (Å²) >= 11 is 0. The van der Waals surface area contributed by atoms with Gasteiger partial charge in [0.25, 0.3) is 5.91 Å². The molecule has 1 unspecified atom stereocenters. The van der Waals surface area contributed by atoms with Gasteiger partial charge < -0.3 is 15.2 Å². The number of aromatic nitrogens is 4. The number of carbonyl (C=O) groups is 1. The number of nitrogens with one attached hydrogen (secondary N) is 2. The number of hydrogen-bond acceptors (Lipinski definition) is 4. The molecule has 1 saturated carbocycles. The maximum absolute atomic E-state index is 13.4. The van der Waals surface area contributed by atoms with Crippen molar-refractivity contribution in [2.75, 3.05) is 13.1 Å². The van der Waals surface area contributed by atoms with E-state index in [9.17, 15) is 4.79 Å². The van der Waals surface area contributed by atoms with Crippen LogP contribution in [0.25, 0.3) is 22.2 Å². The van der Waals surface area contributed by atoms with Gasteiger partial charge in [-0.3, -0.25) is 9.48 Å².